The van der Waals surface area contributed by atoms with Gasteiger partial charge in [0.05, 0.1) is 11.0 Å². The first-order chi connectivity index (χ1) is 13.4. The average Bonchev–Trinajstić information content (AvgIpc) is 3.25. The largest absolute Gasteiger partial charge is 0.335 e. The Morgan fingerprint density at radius 3 is 2.46 bits per heavy atom. The van der Waals surface area contributed by atoms with Gasteiger partial charge in [-0.05, 0) is 57.9 Å². The number of benzene rings is 1. The van der Waals surface area contributed by atoms with Gasteiger partial charge < -0.3 is 10.6 Å². The molecule has 2 N–H and O–H groups in total. The summed E-state index contributed by atoms with van der Waals surface area (Å²) in [6.45, 7) is 9.75. The number of urea groups is 1. The quantitative estimate of drug-likeness (QED) is 0.657. The summed E-state index contributed by atoms with van der Waals surface area (Å²) in [6, 6.07) is 5.48. The van der Waals surface area contributed by atoms with Crippen molar-refractivity contribution in [3.63, 3.8) is 0 Å². The van der Waals surface area contributed by atoms with Crippen LogP contribution in [0.15, 0.2) is 35.4 Å². The van der Waals surface area contributed by atoms with Gasteiger partial charge in [-0.2, -0.15) is 5.10 Å². The van der Waals surface area contributed by atoms with Gasteiger partial charge in [0, 0.05) is 43.8 Å². The number of hydrogen-bond donors (Lipinski definition) is 2. The maximum Gasteiger partial charge on any atom is 0.329 e. The molecule has 0 aliphatic carbocycles. The van der Waals surface area contributed by atoms with Crippen LogP contribution in [0.5, 0.6) is 0 Å². The van der Waals surface area contributed by atoms with E-state index in [1.807, 2.05) is 56.8 Å². The van der Waals surface area contributed by atoms with Crippen LogP contribution in [0.25, 0.3) is 11.0 Å². The molecule has 8 heteroatoms. The van der Waals surface area contributed by atoms with Crippen LogP contribution in [0.2, 0.25) is 0 Å². The second-order valence-corrected chi connectivity index (χ2v) is 6.98. The number of rotatable bonds is 7. The van der Waals surface area contributed by atoms with E-state index in [1.165, 1.54) is 0 Å². The van der Waals surface area contributed by atoms with E-state index in [4.69, 9.17) is 0 Å². The minimum Gasteiger partial charge on any atom is -0.335 e. The second kappa shape index (κ2) is 8.33. The Morgan fingerprint density at radius 2 is 1.86 bits per heavy atom. The van der Waals surface area contributed by atoms with E-state index in [0.717, 1.165) is 29.6 Å². The Labute approximate surface area is 164 Å². The summed E-state index contributed by atoms with van der Waals surface area (Å²) in [4.78, 5) is 25.0. The van der Waals surface area contributed by atoms with E-state index in [1.54, 1.807) is 15.3 Å². The molecule has 0 aliphatic rings. The molecule has 28 heavy (non-hydrogen) atoms. The van der Waals surface area contributed by atoms with Crippen LogP contribution >= 0.6 is 0 Å². The Balaban J connectivity index is 1.73. The molecule has 8 nitrogen and oxygen atoms in total. The van der Waals surface area contributed by atoms with Gasteiger partial charge in [-0.15, -0.1) is 0 Å². The third-order valence-corrected chi connectivity index (χ3v) is 4.97. The number of amides is 2. The molecule has 1 aromatic carbocycles. The summed E-state index contributed by atoms with van der Waals surface area (Å²) in [7, 11) is 0. The van der Waals surface area contributed by atoms with E-state index in [0.29, 0.717) is 18.8 Å². The Morgan fingerprint density at radius 1 is 1.18 bits per heavy atom. The summed E-state index contributed by atoms with van der Waals surface area (Å²) < 4.78 is 5.33. The van der Waals surface area contributed by atoms with Crippen LogP contribution in [0.3, 0.4) is 0 Å². The normalized spacial score (nSPS) is 12.3. The third kappa shape index (κ3) is 3.95. The summed E-state index contributed by atoms with van der Waals surface area (Å²) >= 11 is 0. The minimum atomic E-state index is -0.254. The van der Waals surface area contributed by atoms with E-state index >= 15 is 0 Å². The van der Waals surface area contributed by atoms with Gasteiger partial charge >= 0.3 is 11.7 Å². The molecule has 0 aliphatic heterocycles. The predicted octanol–water partition coefficient (Wildman–Crippen LogP) is 2.95. The number of imidazole rings is 1. The van der Waals surface area contributed by atoms with Gasteiger partial charge in [0.2, 0.25) is 0 Å². The maximum atomic E-state index is 12.5. The molecule has 0 radical (unpaired) electrons. The van der Waals surface area contributed by atoms with Crippen molar-refractivity contribution >= 4 is 22.8 Å². The Bertz CT molecular complexity index is 1020. The summed E-state index contributed by atoms with van der Waals surface area (Å²) in [6.07, 6.45) is 4.42. The minimum absolute atomic E-state index is 0.00299. The van der Waals surface area contributed by atoms with Crippen molar-refractivity contribution in [1.82, 2.24) is 24.2 Å². The molecule has 2 aromatic heterocycles. The molecule has 1 atom stereocenters. The maximum absolute atomic E-state index is 12.5. The molecule has 0 saturated heterocycles. The van der Waals surface area contributed by atoms with E-state index in [9.17, 15) is 9.59 Å². The zero-order valence-corrected chi connectivity index (χ0v) is 16.9. The van der Waals surface area contributed by atoms with Crippen molar-refractivity contribution in [1.29, 1.82) is 0 Å². The highest BCUT2D eigenvalue weighted by molar-refractivity contribution is 5.93. The number of aryl methyl sites for hydroxylation is 4. The molecule has 3 aromatic rings. The van der Waals surface area contributed by atoms with Crippen molar-refractivity contribution < 1.29 is 4.79 Å². The highest BCUT2D eigenvalue weighted by Gasteiger charge is 2.15. The lowest BCUT2D eigenvalue weighted by atomic mass is 10.1. The van der Waals surface area contributed by atoms with Crippen LogP contribution in [-0.2, 0) is 19.6 Å². The van der Waals surface area contributed by atoms with Crippen LogP contribution in [0, 0.1) is 6.92 Å². The summed E-state index contributed by atoms with van der Waals surface area (Å²) in [5.41, 5.74) is 3.34. The number of carbonyl (C=O) groups is 1. The number of carbonyl (C=O) groups excluding carboxylic acids is 1. The van der Waals surface area contributed by atoms with Crippen LogP contribution < -0.4 is 16.3 Å². The molecule has 0 unspecified atom stereocenters. The number of nitrogens with one attached hydrogen (secondary N) is 2. The van der Waals surface area contributed by atoms with Crippen LogP contribution in [0.4, 0.5) is 10.5 Å². The monoisotopic (exact) mass is 384 g/mol. The summed E-state index contributed by atoms with van der Waals surface area (Å²) in [5, 5.41) is 10.1. The molecule has 2 amide bonds. The standard InChI is InChI=1S/C20H28N6O2/c1-5-25-17-12-14(3)16(13-18(17)26(6-2)20(25)28)23-19(27)22-15(4)8-11-24-10-7-9-21-24/h7,9-10,12-13,15H,5-6,8,11H2,1-4H3,(H2,22,23,27)/t15-/m0/s1. The molecule has 0 fully saturated rings. The van der Waals surface area contributed by atoms with Gasteiger partial charge in [0.1, 0.15) is 0 Å². The molecule has 2 heterocycles. The van der Waals surface area contributed by atoms with Gasteiger partial charge in [0.15, 0.2) is 0 Å². The molecule has 150 valence electrons. The lowest BCUT2D eigenvalue weighted by molar-refractivity contribution is 0.248. The van der Waals surface area contributed by atoms with Crippen LogP contribution in [0.1, 0.15) is 32.8 Å². The van der Waals surface area contributed by atoms with Gasteiger partial charge in [0.25, 0.3) is 0 Å². The molecular weight excluding hydrogens is 356 g/mol. The van der Waals surface area contributed by atoms with Crippen molar-refractivity contribution in [2.45, 2.75) is 59.8 Å². The zero-order valence-electron chi connectivity index (χ0n) is 16.9. The number of aromatic nitrogens is 4. The zero-order chi connectivity index (χ0) is 20.3. The fourth-order valence-electron chi connectivity index (χ4n) is 3.42. The lowest BCUT2D eigenvalue weighted by Crippen LogP contribution is -2.36. The number of nitrogens with zero attached hydrogens (tertiary/aromatic N) is 4. The van der Waals surface area contributed by atoms with Gasteiger partial charge in [-0.1, -0.05) is 0 Å². The third-order valence-electron chi connectivity index (χ3n) is 4.97. The smallest absolute Gasteiger partial charge is 0.329 e. The SMILES string of the molecule is CCn1c(=O)n(CC)c2cc(NC(=O)N[C@@H](C)CCn3cccn3)c(C)cc21. The fraction of sp³-hybridized carbons (Fsp3) is 0.450. The molecule has 3 rings (SSSR count). The van der Waals surface area contributed by atoms with E-state index in [2.05, 4.69) is 15.7 Å². The first kappa shape index (κ1) is 19.7. The van der Waals surface area contributed by atoms with Gasteiger partial charge in [-0.25, -0.2) is 9.59 Å². The second-order valence-electron chi connectivity index (χ2n) is 6.98. The Kier molecular flexibility index (Phi) is 5.87. The molecular formula is C20H28N6O2. The number of hydrogen-bond acceptors (Lipinski definition) is 3. The predicted molar refractivity (Wildman–Crippen MR) is 111 cm³/mol. The fourth-order valence-corrected chi connectivity index (χ4v) is 3.42. The Hall–Kier alpha value is -3.03. The van der Waals surface area contributed by atoms with Crippen LogP contribution in [-0.4, -0.2) is 31.0 Å². The first-order valence-electron chi connectivity index (χ1n) is 9.73. The van der Waals surface area contributed by atoms with Crippen molar-refractivity contribution in [2.75, 3.05) is 5.32 Å². The number of anilines is 1. The van der Waals surface area contributed by atoms with E-state index < -0.39 is 0 Å². The topological polar surface area (TPSA) is 85.9 Å². The van der Waals surface area contributed by atoms with Crippen molar-refractivity contribution in [3.05, 3.63) is 46.6 Å². The highest BCUT2D eigenvalue weighted by atomic mass is 16.2. The molecule has 0 spiro atoms. The van der Waals surface area contributed by atoms with Gasteiger partial charge in [-0.3, -0.25) is 13.8 Å². The molecule has 0 bridgehead atoms. The highest BCUT2D eigenvalue weighted by Crippen LogP contribution is 2.23. The van der Waals surface area contributed by atoms with Crippen molar-refractivity contribution in [2.24, 2.45) is 0 Å². The van der Waals surface area contributed by atoms with Crippen molar-refractivity contribution in [3.8, 4) is 0 Å². The number of fused-ring (bicyclic) bond motifs is 1. The summed E-state index contributed by atoms with van der Waals surface area (Å²) in [5.74, 6) is 0. The average molecular weight is 384 g/mol. The van der Waals surface area contributed by atoms with E-state index in [-0.39, 0.29) is 17.8 Å². The molecule has 0 saturated carbocycles. The lowest BCUT2D eigenvalue weighted by Gasteiger charge is -2.16. The first-order valence-corrected chi connectivity index (χ1v) is 9.73.